The zero-order chi connectivity index (χ0) is 23.7. The summed E-state index contributed by atoms with van der Waals surface area (Å²) in [6.45, 7) is 1.85. The molecule has 2 aliphatic rings. The molecule has 1 saturated heterocycles. The van der Waals surface area contributed by atoms with E-state index in [9.17, 15) is 18.4 Å². The second-order valence-electron chi connectivity index (χ2n) is 8.44. The number of carbonyl (C=O) groups is 2. The molecule has 0 saturated carbocycles. The van der Waals surface area contributed by atoms with Crippen molar-refractivity contribution in [2.24, 2.45) is 0 Å². The molecule has 1 fully saturated rings. The van der Waals surface area contributed by atoms with Crippen molar-refractivity contribution >= 4 is 17.6 Å². The third-order valence-electron chi connectivity index (χ3n) is 6.35. The molecule has 34 heavy (non-hydrogen) atoms. The third kappa shape index (κ3) is 4.37. The van der Waals surface area contributed by atoms with Gasteiger partial charge in [0.15, 0.2) is 12.3 Å². The number of ether oxygens (including phenoxy) is 1. The van der Waals surface area contributed by atoms with E-state index >= 15 is 0 Å². The van der Waals surface area contributed by atoms with Crippen LogP contribution in [0.25, 0.3) is 5.69 Å². The highest BCUT2D eigenvalue weighted by Gasteiger charge is 2.29. The molecule has 3 aromatic rings. The van der Waals surface area contributed by atoms with Crippen molar-refractivity contribution < 1.29 is 23.1 Å². The number of hydrogen-bond acceptors (Lipinski definition) is 5. The SMILES string of the molecule is O=C(OCC(=O)N1CCN(c2ccc(F)cc2)CC1)c1nn(-c2ccc(F)cc2)c2c1CCC2. The van der Waals surface area contributed by atoms with Gasteiger partial charge in [0.25, 0.3) is 5.91 Å². The number of halogens is 2. The maximum absolute atomic E-state index is 13.3. The summed E-state index contributed by atoms with van der Waals surface area (Å²) in [6.07, 6.45) is 2.37. The Kier molecular flexibility index (Phi) is 6.00. The van der Waals surface area contributed by atoms with Crippen molar-refractivity contribution in [1.29, 1.82) is 0 Å². The molecule has 0 unspecified atom stereocenters. The van der Waals surface area contributed by atoms with Crippen molar-refractivity contribution in [2.75, 3.05) is 37.7 Å². The number of benzene rings is 2. The first kappa shape index (κ1) is 22.1. The van der Waals surface area contributed by atoms with Crippen LogP contribution in [-0.4, -0.2) is 59.3 Å². The molecule has 7 nitrogen and oxygen atoms in total. The van der Waals surface area contributed by atoms with Gasteiger partial charge in [0.05, 0.1) is 5.69 Å². The second-order valence-corrected chi connectivity index (χ2v) is 8.44. The zero-order valence-corrected chi connectivity index (χ0v) is 18.5. The van der Waals surface area contributed by atoms with E-state index in [-0.39, 0.29) is 29.8 Å². The molecule has 1 aliphatic heterocycles. The van der Waals surface area contributed by atoms with E-state index in [2.05, 4.69) is 10.00 Å². The first-order chi connectivity index (χ1) is 16.5. The summed E-state index contributed by atoms with van der Waals surface area (Å²) in [5.41, 5.74) is 3.54. The molecule has 0 spiro atoms. The summed E-state index contributed by atoms with van der Waals surface area (Å²) in [7, 11) is 0. The number of nitrogens with zero attached hydrogens (tertiary/aromatic N) is 4. The van der Waals surface area contributed by atoms with E-state index in [1.807, 2.05) is 0 Å². The fourth-order valence-electron chi connectivity index (χ4n) is 4.55. The van der Waals surface area contributed by atoms with Gasteiger partial charge in [0.1, 0.15) is 11.6 Å². The molecule has 1 aromatic heterocycles. The van der Waals surface area contributed by atoms with E-state index < -0.39 is 5.97 Å². The molecule has 2 heterocycles. The average Bonchev–Trinajstić information content (AvgIpc) is 3.47. The van der Waals surface area contributed by atoms with Gasteiger partial charge in [-0.2, -0.15) is 5.10 Å². The topological polar surface area (TPSA) is 67.7 Å². The summed E-state index contributed by atoms with van der Waals surface area (Å²) < 4.78 is 33.4. The molecule has 9 heteroatoms. The van der Waals surface area contributed by atoms with E-state index in [1.54, 1.807) is 33.8 Å². The Morgan fingerprint density at radius 2 is 1.47 bits per heavy atom. The highest BCUT2D eigenvalue weighted by atomic mass is 19.1. The minimum absolute atomic E-state index is 0.214. The van der Waals surface area contributed by atoms with Crippen LogP contribution in [0.15, 0.2) is 48.5 Å². The molecule has 1 aliphatic carbocycles. The zero-order valence-electron chi connectivity index (χ0n) is 18.5. The number of carbonyl (C=O) groups excluding carboxylic acids is 2. The van der Waals surface area contributed by atoms with Gasteiger partial charge in [-0.25, -0.2) is 18.3 Å². The number of piperazine rings is 1. The van der Waals surface area contributed by atoms with Crippen LogP contribution in [0.2, 0.25) is 0 Å². The van der Waals surface area contributed by atoms with Gasteiger partial charge in [0, 0.05) is 43.1 Å². The largest absolute Gasteiger partial charge is 0.451 e. The predicted octanol–water partition coefficient (Wildman–Crippen LogP) is 3.14. The number of rotatable bonds is 5. The van der Waals surface area contributed by atoms with Crippen molar-refractivity contribution in [3.63, 3.8) is 0 Å². The van der Waals surface area contributed by atoms with Gasteiger partial charge < -0.3 is 14.5 Å². The van der Waals surface area contributed by atoms with Crippen LogP contribution >= 0.6 is 0 Å². The number of hydrogen-bond donors (Lipinski definition) is 0. The lowest BCUT2D eigenvalue weighted by molar-refractivity contribution is -0.134. The second kappa shape index (κ2) is 9.24. The number of amides is 1. The Hall–Kier alpha value is -3.75. The number of fused-ring (bicyclic) bond motifs is 1. The third-order valence-corrected chi connectivity index (χ3v) is 6.35. The van der Waals surface area contributed by atoms with Crippen molar-refractivity contribution in [3.05, 3.63) is 77.1 Å². The Labute approximate surface area is 195 Å². The first-order valence-corrected chi connectivity index (χ1v) is 11.3. The lowest BCUT2D eigenvalue weighted by Crippen LogP contribution is -2.49. The van der Waals surface area contributed by atoms with Gasteiger partial charge in [-0.15, -0.1) is 0 Å². The van der Waals surface area contributed by atoms with Crippen LogP contribution < -0.4 is 4.90 Å². The Morgan fingerprint density at radius 3 is 2.12 bits per heavy atom. The molecular formula is C25H24F2N4O3. The summed E-state index contributed by atoms with van der Waals surface area (Å²) in [5.74, 6) is -1.52. The van der Waals surface area contributed by atoms with Gasteiger partial charge in [-0.3, -0.25) is 4.79 Å². The minimum atomic E-state index is -0.627. The van der Waals surface area contributed by atoms with Crippen molar-refractivity contribution in [2.45, 2.75) is 19.3 Å². The Balaban J connectivity index is 1.20. The number of aromatic nitrogens is 2. The minimum Gasteiger partial charge on any atom is -0.451 e. The molecule has 0 N–H and O–H groups in total. The molecule has 0 bridgehead atoms. The molecule has 0 radical (unpaired) electrons. The van der Waals surface area contributed by atoms with Gasteiger partial charge >= 0.3 is 5.97 Å². The quantitative estimate of drug-likeness (QED) is 0.541. The molecule has 0 atom stereocenters. The van der Waals surface area contributed by atoms with Crippen LogP contribution in [0.1, 0.15) is 28.2 Å². The number of esters is 1. The lowest BCUT2D eigenvalue weighted by atomic mass is 10.2. The van der Waals surface area contributed by atoms with E-state index in [0.29, 0.717) is 38.3 Å². The van der Waals surface area contributed by atoms with Crippen LogP contribution in [0.5, 0.6) is 0 Å². The highest BCUT2D eigenvalue weighted by Crippen LogP contribution is 2.28. The van der Waals surface area contributed by atoms with Crippen LogP contribution in [-0.2, 0) is 22.4 Å². The summed E-state index contributed by atoms with van der Waals surface area (Å²) >= 11 is 0. The van der Waals surface area contributed by atoms with Gasteiger partial charge in [-0.1, -0.05) is 0 Å². The molecule has 1 amide bonds. The molecule has 5 rings (SSSR count). The van der Waals surface area contributed by atoms with E-state index in [1.165, 1.54) is 24.3 Å². The lowest BCUT2D eigenvalue weighted by Gasteiger charge is -2.36. The Morgan fingerprint density at radius 1 is 0.853 bits per heavy atom. The summed E-state index contributed by atoms with van der Waals surface area (Å²) in [4.78, 5) is 29.2. The van der Waals surface area contributed by atoms with Crippen LogP contribution in [0.3, 0.4) is 0 Å². The summed E-state index contributed by atoms with van der Waals surface area (Å²) in [5, 5.41) is 4.43. The first-order valence-electron chi connectivity index (χ1n) is 11.3. The van der Waals surface area contributed by atoms with Crippen molar-refractivity contribution in [1.82, 2.24) is 14.7 Å². The average molecular weight is 466 g/mol. The predicted molar refractivity (Wildman–Crippen MR) is 121 cm³/mol. The Bertz CT molecular complexity index is 1200. The monoisotopic (exact) mass is 466 g/mol. The standard InChI is InChI=1S/C25H24F2N4O3/c26-17-4-8-19(9-5-17)29-12-14-30(15-13-29)23(32)16-34-25(33)24-21-2-1-3-22(21)31(28-24)20-10-6-18(27)7-11-20/h4-11H,1-3,12-16H2. The fourth-order valence-corrected chi connectivity index (χ4v) is 4.55. The molecule has 2 aromatic carbocycles. The van der Waals surface area contributed by atoms with E-state index in [0.717, 1.165) is 29.8 Å². The van der Waals surface area contributed by atoms with Gasteiger partial charge in [-0.05, 0) is 67.8 Å². The van der Waals surface area contributed by atoms with Crippen LogP contribution in [0, 0.1) is 11.6 Å². The van der Waals surface area contributed by atoms with Crippen molar-refractivity contribution in [3.8, 4) is 5.69 Å². The maximum Gasteiger partial charge on any atom is 0.359 e. The van der Waals surface area contributed by atoms with Crippen LogP contribution in [0.4, 0.5) is 14.5 Å². The highest BCUT2D eigenvalue weighted by molar-refractivity contribution is 5.91. The molecule has 176 valence electrons. The maximum atomic E-state index is 13.3. The number of anilines is 1. The van der Waals surface area contributed by atoms with E-state index in [4.69, 9.17) is 4.74 Å². The van der Waals surface area contributed by atoms with Gasteiger partial charge in [0.2, 0.25) is 0 Å². The fraction of sp³-hybridized carbons (Fsp3) is 0.320. The summed E-state index contributed by atoms with van der Waals surface area (Å²) in [6, 6.07) is 12.2. The normalized spacial score (nSPS) is 15.4. The smallest absolute Gasteiger partial charge is 0.359 e. The molecular weight excluding hydrogens is 442 g/mol.